The number of imidazole rings is 1. The fourth-order valence-electron chi connectivity index (χ4n) is 3.10. The van der Waals surface area contributed by atoms with Crippen molar-refractivity contribution in [1.82, 2.24) is 19.3 Å². The summed E-state index contributed by atoms with van der Waals surface area (Å²) in [5.74, 6) is 0. The van der Waals surface area contributed by atoms with Gasteiger partial charge in [-0.25, -0.2) is 9.97 Å². The molecule has 1 fully saturated rings. The average molecular weight is 318 g/mol. The van der Waals surface area contributed by atoms with Crippen LogP contribution >= 0.6 is 0 Å². The minimum Gasteiger partial charge on any atom is -0.368 e. The summed E-state index contributed by atoms with van der Waals surface area (Å²) in [6.07, 6.45) is 5.92. The zero-order valence-corrected chi connectivity index (χ0v) is 13.3. The molecule has 0 amide bonds. The Kier molecular flexibility index (Phi) is 3.85. The molecule has 3 aromatic heterocycles. The highest BCUT2D eigenvalue weighted by Gasteiger charge is 2.18. The van der Waals surface area contributed by atoms with Gasteiger partial charge in [0.2, 0.25) is 0 Å². The van der Waals surface area contributed by atoms with Gasteiger partial charge in [0.25, 0.3) is 0 Å². The smallest absolute Gasteiger partial charge is 0.140 e. The standard InChI is InChI=1S/C18H18N6/c19-11-15-4-5-17(12-20-15)23-9-7-22(8-10-23)13-16-14-24-6-2-1-3-18(24)21-16/h1-6,12,14H,7-10,13H2. The van der Waals surface area contributed by atoms with E-state index >= 15 is 0 Å². The third-order valence-electron chi connectivity index (χ3n) is 4.40. The van der Waals surface area contributed by atoms with E-state index in [0.717, 1.165) is 49.8 Å². The molecule has 0 spiro atoms. The van der Waals surface area contributed by atoms with Gasteiger partial charge in [-0.3, -0.25) is 4.90 Å². The number of hydrogen-bond donors (Lipinski definition) is 0. The lowest BCUT2D eigenvalue weighted by Gasteiger charge is -2.35. The van der Waals surface area contributed by atoms with E-state index in [1.807, 2.05) is 30.5 Å². The quantitative estimate of drug-likeness (QED) is 0.738. The second kappa shape index (κ2) is 6.30. The van der Waals surface area contributed by atoms with Crippen molar-refractivity contribution in [3.63, 3.8) is 0 Å². The highest BCUT2D eigenvalue weighted by molar-refractivity contribution is 5.46. The molecule has 0 aromatic carbocycles. The molecule has 1 saturated heterocycles. The minimum atomic E-state index is 0.462. The number of aromatic nitrogens is 3. The fourth-order valence-corrected chi connectivity index (χ4v) is 3.10. The van der Waals surface area contributed by atoms with Crippen molar-refractivity contribution in [3.05, 3.63) is 60.3 Å². The zero-order chi connectivity index (χ0) is 16.4. The first-order valence-corrected chi connectivity index (χ1v) is 8.08. The normalized spacial score (nSPS) is 15.5. The van der Waals surface area contributed by atoms with Crippen LogP contribution in [0, 0.1) is 11.3 Å². The molecule has 6 nitrogen and oxygen atoms in total. The maximum atomic E-state index is 8.83. The summed E-state index contributed by atoms with van der Waals surface area (Å²) >= 11 is 0. The van der Waals surface area contributed by atoms with Crippen LogP contribution in [0.15, 0.2) is 48.9 Å². The highest BCUT2D eigenvalue weighted by Crippen LogP contribution is 2.16. The van der Waals surface area contributed by atoms with E-state index in [0.29, 0.717) is 5.69 Å². The van der Waals surface area contributed by atoms with E-state index in [2.05, 4.69) is 36.4 Å². The highest BCUT2D eigenvalue weighted by atomic mass is 15.3. The molecule has 6 heteroatoms. The second-order valence-corrected chi connectivity index (χ2v) is 5.97. The van der Waals surface area contributed by atoms with Crippen molar-refractivity contribution in [3.8, 4) is 6.07 Å². The van der Waals surface area contributed by atoms with Gasteiger partial charge in [0, 0.05) is 45.1 Å². The predicted molar refractivity (Wildman–Crippen MR) is 91.6 cm³/mol. The number of nitriles is 1. The van der Waals surface area contributed by atoms with Gasteiger partial charge in [-0.15, -0.1) is 0 Å². The van der Waals surface area contributed by atoms with Crippen molar-refractivity contribution in [2.24, 2.45) is 0 Å². The Bertz CT molecular complexity index is 835. The number of anilines is 1. The molecule has 1 aliphatic heterocycles. The molecule has 0 bridgehead atoms. The van der Waals surface area contributed by atoms with Gasteiger partial charge in [0.05, 0.1) is 17.6 Å². The van der Waals surface area contributed by atoms with E-state index in [1.54, 1.807) is 12.3 Å². The van der Waals surface area contributed by atoms with Gasteiger partial charge in [-0.1, -0.05) is 6.07 Å². The van der Waals surface area contributed by atoms with Crippen LogP contribution in [0.5, 0.6) is 0 Å². The number of pyridine rings is 2. The Hall–Kier alpha value is -2.91. The van der Waals surface area contributed by atoms with Gasteiger partial charge < -0.3 is 9.30 Å². The van der Waals surface area contributed by atoms with Gasteiger partial charge in [0.15, 0.2) is 0 Å². The van der Waals surface area contributed by atoms with Crippen LogP contribution in [0.2, 0.25) is 0 Å². The fraction of sp³-hybridized carbons (Fsp3) is 0.278. The first-order chi connectivity index (χ1) is 11.8. The van der Waals surface area contributed by atoms with Crippen molar-refractivity contribution in [2.45, 2.75) is 6.54 Å². The second-order valence-electron chi connectivity index (χ2n) is 5.97. The van der Waals surface area contributed by atoms with Crippen molar-refractivity contribution >= 4 is 11.3 Å². The largest absolute Gasteiger partial charge is 0.368 e. The topological polar surface area (TPSA) is 60.5 Å². The number of fused-ring (bicyclic) bond motifs is 1. The van der Waals surface area contributed by atoms with E-state index in [4.69, 9.17) is 5.26 Å². The Labute approximate surface area is 140 Å². The lowest BCUT2D eigenvalue weighted by molar-refractivity contribution is 0.247. The third-order valence-corrected chi connectivity index (χ3v) is 4.40. The number of nitrogens with zero attached hydrogens (tertiary/aromatic N) is 6. The molecule has 120 valence electrons. The minimum absolute atomic E-state index is 0.462. The molecule has 4 rings (SSSR count). The lowest BCUT2D eigenvalue weighted by Crippen LogP contribution is -2.46. The average Bonchev–Trinajstić information content (AvgIpc) is 3.05. The lowest BCUT2D eigenvalue weighted by atomic mass is 10.2. The molecule has 0 unspecified atom stereocenters. The first-order valence-electron chi connectivity index (χ1n) is 8.08. The summed E-state index contributed by atoms with van der Waals surface area (Å²) in [4.78, 5) is 13.6. The van der Waals surface area contributed by atoms with Crippen LogP contribution in [0.4, 0.5) is 5.69 Å². The van der Waals surface area contributed by atoms with Crippen LogP contribution in [0.3, 0.4) is 0 Å². The molecule has 0 atom stereocenters. The Balaban J connectivity index is 1.38. The number of hydrogen-bond acceptors (Lipinski definition) is 5. The number of piperazine rings is 1. The predicted octanol–water partition coefficient (Wildman–Crippen LogP) is 1.92. The molecule has 0 aliphatic carbocycles. The maximum absolute atomic E-state index is 8.83. The molecule has 24 heavy (non-hydrogen) atoms. The molecular weight excluding hydrogens is 300 g/mol. The van der Waals surface area contributed by atoms with E-state index in [-0.39, 0.29) is 0 Å². The van der Waals surface area contributed by atoms with Crippen LogP contribution in [0.25, 0.3) is 5.65 Å². The Morgan fingerprint density at radius 1 is 1.08 bits per heavy atom. The monoisotopic (exact) mass is 318 g/mol. The van der Waals surface area contributed by atoms with Crippen LogP contribution < -0.4 is 4.90 Å². The summed E-state index contributed by atoms with van der Waals surface area (Å²) in [5, 5.41) is 8.83. The molecular formula is C18H18N6. The molecule has 4 heterocycles. The van der Waals surface area contributed by atoms with Crippen LogP contribution in [0.1, 0.15) is 11.4 Å². The van der Waals surface area contributed by atoms with Crippen LogP contribution in [-0.2, 0) is 6.54 Å². The summed E-state index contributed by atoms with van der Waals surface area (Å²) in [7, 11) is 0. The van der Waals surface area contributed by atoms with Gasteiger partial charge in [-0.05, 0) is 24.3 Å². The summed E-state index contributed by atoms with van der Waals surface area (Å²) < 4.78 is 2.06. The zero-order valence-electron chi connectivity index (χ0n) is 13.3. The first kappa shape index (κ1) is 14.7. The van der Waals surface area contributed by atoms with E-state index < -0.39 is 0 Å². The van der Waals surface area contributed by atoms with Gasteiger partial charge in [-0.2, -0.15) is 5.26 Å². The maximum Gasteiger partial charge on any atom is 0.140 e. The van der Waals surface area contributed by atoms with E-state index in [9.17, 15) is 0 Å². The van der Waals surface area contributed by atoms with Crippen LogP contribution in [-0.4, -0.2) is 45.4 Å². The summed E-state index contributed by atoms with van der Waals surface area (Å²) in [6, 6.07) is 11.9. The Morgan fingerprint density at radius 3 is 2.67 bits per heavy atom. The van der Waals surface area contributed by atoms with E-state index in [1.165, 1.54) is 0 Å². The molecule has 1 aliphatic rings. The molecule has 0 radical (unpaired) electrons. The third kappa shape index (κ3) is 2.94. The molecule has 0 saturated carbocycles. The molecule has 0 N–H and O–H groups in total. The summed E-state index contributed by atoms with van der Waals surface area (Å²) in [6.45, 7) is 4.78. The van der Waals surface area contributed by atoms with Crippen molar-refractivity contribution in [1.29, 1.82) is 5.26 Å². The SMILES string of the molecule is N#Cc1ccc(N2CCN(Cc3cn4ccccc4n3)CC2)cn1. The van der Waals surface area contributed by atoms with Gasteiger partial charge in [0.1, 0.15) is 17.4 Å². The number of rotatable bonds is 3. The Morgan fingerprint density at radius 2 is 1.96 bits per heavy atom. The van der Waals surface area contributed by atoms with Crippen molar-refractivity contribution in [2.75, 3.05) is 31.1 Å². The van der Waals surface area contributed by atoms with Crippen molar-refractivity contribution < 1.29 is 0 Å². The van der Waals surface area contributed by atoms with Gasteiger partial charge >= 0.3 is 0 Å². The summed E-state index contributed by atoms with van der Waals surface area (Å²) in [5.41, 5.74) is 3.65. The molecule has 3 aromatic rings.